The summed E-state index contributed by atoms with van der Waals surface area (Å²) < 4.78 is 77.8. The number of aryl methyl sites for hydroxylation is 1. The molecule has 6 unspecified atom stereocenters. The molecule has 306 valence electrons. The topological polar surface area (TPSA) is 83.6 Å². The van der Waals surface area contributed by atoms with Gasteiger partial charge in [-0.2, -0.15) is 13.2 Å². The molecule has 14 heteroatoms. The number of amides is 1. The fourth-order valence-electron chi connectivity index (χ4n) is 10.1. The molecular weight excluding hydrogens is 765 g/mol. The maximum absolute atomic E-state index is 14.2. The highest BCUT2D eigenvalue weighted by molar-refractivity contribution is 7.84. The Hall–Kier alpha value is -2.68. The van der Waals surface area contributed by atoms with Crippen molar-refractivity contribution in [1.82, 2.24) is 14.5 Å². The summed E-state index contributed by atoms with van der Waals surface area (Å²) in [6.07, 6.45) is 4.13. The molecular formula is C42H54ClF3N4O5S. The minimum atomic E-state index is -4.51. The number of piperazine rings is 1. The molecule has 0 aromatic heterocycles. The molecule has 0 radical (unpaired) electrons. The number of fused-ring (bicyclic) bond motifs is 5. The molecule has 2 saturated heterocycles. The van der Waals surface area contributed by atoms with Crippen LogP contribution in [0.15, 0.2) is 48.6 Å². The van der Waals surface area contributed by atoms with Crippen LogP contribution in [-0.2, 0) is 32.3 Å². The Bertz CT molecular complexity index is 1830. The van der Waals surface area contributed by atoms with Crippen LogP contribution in [0.4, 0.5) is 18.9 Å². The molecule has 1 amide bonds. The van der Waals surface area contributed by atoms with Crippen LogP contribution in [0.3, 0.4) is 0 Å². The fourth-order valence-corrected chi connectivity index (χ4v) is 11.3. The smallest absolute Gasteiger partial charge is 0.411 e. The third kappa shape index (κ3) is 8.27. The summed E-state index contributed by atoms with van der Waals surface area (Å²) in [4.78, 5) is 20.7. The van der Waals surface area contributed by atoms with Crippen molar-refractivity contribution in [3.05, 3.63) is 70.3 Å². The van der Waals surface area contributed by atoms with E-state index in [0.29, 0.717) is 68.8 Å². The van der Waals surface area contributed by atoms with Crippen molar-refractivity contribution in [3.63, 3.8) is 0 Å². The van der Waals surface area contributed by atoms with Crippen LogP contribution in [0.1, 0.15) is 67.4 Å². The van der Waals surface area contributed by atoms with Gasteiger partial charge in [-0.3, -0.25) is 19.3 Å². The number of morpholine rings is 1. The van der Waals surface area contributed by atoms with Crippen molar-refractivity contribution in [1.29, 1.82) is 0 Å². The maximum atomic E-state index is 14.2. The van der Waals surface area contributed by atoms with Crippen molar-refractivity contribution in [2.45, 2.75) is 80.9 Å². The summed E-state index contributed by atoms with van der Waals surface area (Å²) in [5.74, 6) is -0.122. The standard InChI is InChI=1S/C42H54ClF3N4O5S/c1-28-5-3-14-41(55-27-42(44,45)46,25-48-15-16-49-17-18-53-23-34(49)22-48)36-10-7-32(36)21-50-24-40(13-4-6-30-19-33(43)9-11-35(30)40)26-54-38-12-8-31(20-37(38)50)39(51)47-56(52)29(28)2/h3,8-9,11-12,14,19-20,28-29,32,34,36H,4-7,10,13,15-18,21-27H2,1-2H3,(H,47,51)/b14-3+/t28?,29?,32?,34?,36?,40-,41+,56?/m0/s1. The Morgan fingerprint density at radius 2 is 1.95 bits per heavy atom. The first-order valence-corrected chi connectivity index (χ1v) is 21.9. The molecule has 2 aromatic carbocycles. The number of halogens is 4. The van der Waals surface area contributed by atoms with Gasteiger partial charge in [-0.05, 0) is 105 Å². The van der Waals surface area contributed by atoms with Gasteiger partial charge >= 0.3 is 6.18 Å². The van der Waals surface area contributed by atoms with Crippen LogP contribution in [0.2, 0.25) is 5.02 Å². The maximum Gasteiger partial charge on any atom is 0.411 e. The van der Waals surface area contributed by atoms with E-state index in [2.05, 4.69) is 31.6 Å². The summed E-state index contributed by atoms with van der Waals surface area (Å²) in [6, 6.07) is 11.7. The van der Waals surface area contributed by atoms with Crippen molar-refractivity contribution in [2.24, 2.45) is 17.8 Å². The minimum absolute atomic E-state index is 0.00213. The molecule has 9 nitrogen and oxygen atoms in total. The Balaban J connectivity index is 1.20. The van der Waals surface area contributed by atoms with Crippen LogP contribution in [-0.4, -0.2) is 115 Å². The number of anilines is 1. The number of ether oxygens (including phenoxy) is 3. The number of hydrogen-bond acceptors (Lipinski definition) is 8. The van der Waals surface area contributed by atoms with E-state index in [9.17, 15) is 22.2 Å². The average Bonchev–Trinajstić information content (AvgIpc) is 3.31. The summed E-state index contributed by atoms with van der Waals surface area (Å²) in [6.45, 7) is 8.77. The molecule has 4 heterocycles. The molecule has 1 saturated carbocycles. The minimum Gasteiger partial charge on any atom is -0.490 e. The molecule has 1 spiro atoms. The average molecular weight is 819 g/mol. The number of carbonyl (C=O) groups is 1. The van der Waals surface area contributed by atoms with E-state index in [4.69, 9.17) is 25.8 Å². The van der Waals surface area contributed by atoms with Crippen LogP contribution in [0, 0.1) is 17.8 Å². The highest BCUT2D eigenvalue weighted by Gasteiger charge is 2.52. The monoisotopic (exact) mass is 818 g/mol. The van der Waals surface area contributed by atoms with E-state index < -0.39 is 40.5 Å². The molecule has 8 atom stereocenters. The lowest BCUT2D eigenvalue weighted by molar-refractivity contribution is -0.219. The number of nitrogens with one attached hydrogen (secondary N) is 1. The summed E-state index contributed by atoms with van der Waals surface area (Å²) >= 11 is 6.49. The highest BCUT2D eigenvalue weighted by Crippen LogP contribution is 2.50. The number of benzene rings is 2. The lowest BCUT2D eigenvalue weighted by atomic mass is 9.63. The zero-order valence-electron chi connectivity index (χ0n) is 32.3. The van der Waals surface area contributed by atoms with E-state index in [-0.39, 0.29) is 29.2 Å². The first-order valence-electron chi connectivity index (χ1n) is 20.3. The number of allylic oxidation sites excluding steroid dienone is 1. The normalized spacial score (nSPS) is 34.9. The van der Waals surface area contributed by atoms with Crippen molar-refractivity contribution in [2.75, 3.05) is 77.1 Å². The zero-order chi connectivity index (χ0) is 39.2. The second-order valence-corrected chi connectivity index (χ2v) is 19.1. The van der Waals surface area contributed by atoms with Crippen LogP contribution < -0.4 is 14.4 Å². The van der Waals surface area contributed by atoms with Gasteiger partial charge in [0, 0.05) is 67.9 Å². The van der Waals surface area contributed by atoms with Crippen molar-refractivity contribution < 1.29 is 36.4 Å². The number of alkyl halides is 3. The van der Waals surface area contributed by atoms with Gasteiger partial charge in [0.05, 0.1) is 30.8 Å². The Labute approximate surface area is 335 Å². The summed E-state index contributed by atoms with van der Waals surface area (Å²) in [7, 11) is -1.71. The molecule has 2 aromatic rings. The third-order valence-corrected chi connectivity index (χ3v) is 15.3. The molecule has 2 bridgehead atoms. The second kappa shape index (κ2) is 16.2. The molecule has 6 aliphatic rings. The SMILES string of the molecule is CC1C/C=C/[C@](CN2CCN3CCOCC3C2)(OCC(F)(F)F)C2CCC2CN2C[C@@]3(CCCc4cc(Cl)ccc43)COc3ccc(cc32)C(=O)NS(=O)C1C. The Morgan fingerprint density at radius 3 is 2.75 bits per heavy atom. The van der Waals surface area contributed by atoms with Crippen LogP contribution >= 0.6 is 11.6 Å². The van der Waals surface area contributed by atoms with E-state index in [0.717, 1.165) is 57.4 Å². The van der Waals surface area contributed by atoms with Gasteiger partial charge in [-0.25, -0.2) is 4.21 Å². The van der Waals surface area contributed by atoms with Gasteiger partial charge in [-0.1, -0.05) is 36.7 Å². The second-order valence-electron chi connectivity index (χ2n) is 17.1. The fraction of sp³-hybridized carbons (Fsp3) is 0.643. The molecule has 8 rings (SSSR count). The predicted molar refractivity (Wildman–Crippen MR) is 212 cm³/mol. The van der Waals surface area contributed by atoms with Gasteiger partial charge in [-0.15, -0.1) is 0 Å². The van der Waals surface area contributed by atoms with Gasteiger partial charge < -0.3 is 19.1 Å². The Kier molecular flexibility index (Phi) is 11.6. The Morgan fingerprint density at radius 1 is 1.09 bits per heavy atom. The van der Waals surface area contributed by atoms with Gasteiger partial charge in [0.25, 0.3) is 5.91 Å². The van der Waals surface area contributed by atoms with Crippen LogP contribution in [0.5, 0.6) is 5.75 Å². The van der Waals surface area contributed by atoms with Crippen molar-refractivity contribution >= 4 is 34.2 Å². The lowest BCUT2D eigenvalue weighted by Crippen LogP contribution is -2.63. The van der Waals surface area contributed by atoms with E-state index in [1.165, 1.54) is 11.1 Å². The van der Waals surface area contributed by atoms with Gasteiger partial charge in [0.1, 0.15) is 28.9 Å². The number of carbonyl (C=O) groups excluding carboxylic acids is 1. The molecule has 3 fully saturated rings. The first-order chi connectivity index (χ1) is 26.8. The number of rotatable bonds is 4. The third-order valence-electron chi connectivity index (χ3n) is 13.5. The lowest BCUT2D eigenvalue weighted by Gasteiger charge is -2.53. The molecule has 1 N–H and O–H groups in total. The zero-order valence-corrected chi connectivity index (χ0v) is 33.9. The van der Waals surface area contributed by atoms with E-state index in [1.54, 1.807) is 6.07 Å². The number of nitrogens with zero attached hydrogens (tertiary/aromatic N) is 3. The quantitative estimate of drug-likeness (QED) is 0.348. The van der Waals surface area contributed by atoms with E-state index >= 15 is 0 Å². The predicted octanol–water partition coefficient (Wildman–Crippen LogP) is 6.55. The summed E-state index contributed by atoms with van der Waals surface area (Å²) in [5, 5.41) is 0.275. The van der Waals surface area contributed by atoms with E-state index in [1.807, 2.05) is 44.2 Å². The molecule has 2 aliphatic carbocycles. The van der Waals surface area contributed by atoms with Crippen LogP contribution in [0.25, 0.3) is 0 Å². The summed E-state index contributed by atoms with van der Waals surface area (Å²) in [5.41, 5.74) is 1.94. The largest absolute Gasteiger partial charge is 0.490 e. The van der Waals surface area contributed by atoms with Gasteiger partial charge in [0.15, 0.2) is 0 Å². The molecule has 56 heavy (non-hydrogen) atoms. The van der Waals surface area contributed by atoms with Crippen molar-refractivity contribution in [3.8, 4) is 5.75 Å². The van der Waals surface area contributed by atoms with Gasteiger partial charge in [0.2, 0.25) is 0 Å². The first kappa shape index (κ1) is 40.1. The number of hydrogen-bond donors (Lipinski definition) is 1. The highest BCUT2D eigenvalue weighted by atomic mass is 35.5. The molecule has 4 aliphatic heterocycles.